The Morgan fingerprint density at radius 1 is 1.29 bits per heavy atom. The molecule has 5 atom stereocenters. The minimum atomic E-state index is -0.170. The van der Waals surface area contributed by atoms with Crippen LogP contribution in [0.4, 0.5) is 0 Å². The van der Waals surface area contributed by atoms with Gasteiger partial charge in [0.25, 0.3) is 0 Å². The largest absolute Gasteiger partial charge is 0.393 e. The van der Waals surface area contributed by atoms with Crippen LogP contribution in [0, 0.1) is 11.8 Å². The lowest BCUT2D eigenvalue weighted by atomic mass is 9.94. The fourth-order valence-electron chi connectivity index (χ4n) is 3.39. The second-order valence-corrected chi connectivity index (χ2v) is 5.43. The summed E-state index contributed by atoms with van der Waals surface area (Å²) in [6, 6.07) is 1.22. The minimum Gasteiger partial charge on any atom is -0.393 e. The summed E-state index contributed by atoms with van der Waals surface area (Å²) in [5.41, 5.74) is 0. The molecule has 0 aromatic heterocycles. The zero-order valence-electron chi connectivity index (χ0n) is 9.37. The summed E-state index contributed by atoms with van der Waals surface area (Å²) in [6.07, 6.45) is 6.45. The molecule has 2 aliphatic carbocycles. The number of hydrogen-bond acceptors (Lipinski definition) is 2. The van der Waals surface area contributed by atoms with Crippen LogP contribution in [0.25, 0.3) is 0 Å². The van der Waals surface area contributed by atoms with Gasteiger partial charge in [-0.15, -0.1) is 0 Å². The van der Waals surface area contributed by atoms with Crippen molar-refractivity contribution in [3.05, 3.63) is 0 Å². The van der Waals surface area contributed by atoms with E-state index in [1.807, 2.05) is 6.92 Å². The molecule has 0 spiro atoms. The van der Waals surface area contributed by atoms with Crippen LogP contribution in [-0.2, 0) is 0 Å². The molecule has 5 unspecified atom stereocenters. The van der Waals surface area contributed by atoms with E-state index in [4.69, 9.17) is 0 Å². The van der Waals surface area contributed by atoms with E-state index < -0.39 is 0 Å². The Kier molecular flexibility index (Phi) is 3.13. The molecule has 0 aliphatic heterocycles. The van der Waals surface area contributed by atoms with Crippen molar-refractivity contribution in [3.8, 4) is 0 Å². The molecule has 2 saturated carbocycles. The lowest BCUT2D eigenvalue weighted by molar-refractivity contribution is 0.164. The van der Waals surface area contributed by atoms with Gasteiger partial charge in [-0.1, -0.05) is 6.42 Å². The average molecular weight is 197 g/mol. The average Bonchev–Trinajstić information content (AvgIpc) is 2.62. The lowest BCUT2D eigenvalue weighted by Crippen LogP contribution is -2.41. The van der Waals surface area contributed by atoms with Crippen molar-refractivity contribution in [1.29, 1.82) is 0 Å². The van der Waals surface area contributed by atoms with Gasteiger partial charge in [-0.05, 0) is 51.4 Å². The maximum Gasteiger partial charge on any atom is 0.0526 e. The van der Waals surface area contributed by atoms with Crippen molar-refractivity contribution >= 4 is 0 Å². The van der Waals surface area contributed by atoms with Gasteiger partial charge >= 0.3 is 0 Å². The zero-order chi connectivity index (χ0) is 10.1. The van der Waals surface area contributed by atoms with Crippen LogP contribution in [0.2, 0.25) is 0 Å². The van der Waals surface area contributed by atoms with Crippen molar-refractivity contribution in [3.63, 3.8) is 0 Å². The van der Waals surface area contributed by atoms with Gasteiger partial charge in [-0.2, -0.15) is 0 Å². The van der Waals surface area contributed by atoms with Crippen LogP contribution in [-0.4, -0.2) is 23.3 Å². The highest BCUT2D eigenvalue weighted by Gasteiger charge is 2.39. The van der Waals surface area contributed by atoms with Gasteiger partial charge in [0.1, 0.15) is 0 Å². The topological polar surface area (TPSA) is 32.3 Å². The smallest absolute Gasteiger partial charge is 0.0526 e. The number of fused-ring (bicyclic) bond motifs is 2. The fraction of sp³-hybridized carbons (Fsp3) is 1.00. The van der Waals surface area contributed by atoms with Gasteiger partial charge in [0.15, 0.2) is 0 Å². The van der Waals surface area contributed by atoms with Gasteiger partial charge in [-0.25, -0.2) is 0 Å². The van der Waals surface area contributed by atoms with E-state index in [-0.39, 0.29) is 6.10 Å². The quantitative estimate of drug-likeness (QED) is 0.721. The van der Waals surface area contributed by atoms with Crippen LogP contribution in [0.3, 0.4) is 0 Å². The van der Waals surface area contributed by atoms with Crippen molar-refractivity contribution in [2.75, 3.05) is 0 Å². The molecule has 2 aliphatic rings. The highest BCUT2D eigenvalue weighted by molar-refractivity contribution is 4.94. The molecule has 2 fully saturated rings. The molecular formula is C12H23NO. The molecule has 0 aromatic carbocycles. The summed E-state index contributed by atoms with van der Waals surface area (Å²) in [6.45, 7) is 4.07. The standard InChI is InChI=1S/C12H23NO/c1-8(5-9(2)14)13-12-7-10-3-4-11(12)6-10/h8-14H,3-7H2,1-2H3. The Morgan fingerprint density at radius 2 is 2.07 bits per heavy atom. The Hall–Kier alpha value is -0.0800. The molecule has 82 valence electrons. The predicted octanol–water partition coefficient (Wildman–Crippen LogP) is 1.92. The normalized spacial score (nSPS) is 40.1. The molecule has 2 heteroatoms. The van der Waals surface area contributed by atoms with Crippen LogP contribution in [0.1, 0.15) is 46.0 Å². The minimum absolute atomic E-state index is 0.170. The van der Waals surface area contributed by atoms with Gasteiger partial charge in [-0.3, -0.25) is 0 Å². The van der Waals surface area contributed by atoms with Crippen LogP contribution in [0.15, 0.2) is 0 Å². The van der Waals surface area contributed by atoms with E-state index in [9.17, 15) is 5.11 Å². The number of hydrogen-bond donors (Lipinski definition) is 2. The first kappa shape index (κ1) is 10.4. The molecule has 0 amide bonds. The maximum atomic E-state index is 9.29. The summed E-state index contributed by atoms with van der Waals surface area (Å²) in [7, 11) is 0. The molecule has 0 radical (unpaired) electrons. The highest BCUT2D eigenvalue weighted by Crippen LogP contribution is 2.44. The van der Waals surface area contributed by atoms with Crippen molar-refractivity contribution < 1.29 is 5.11 Å². The molecule has 2 bridgehead atoms. The summed E-state index contributed by atoms with van der Waals surface area (Å²) in [4.78, 5) is 0. The third kappa shape index (κ3) is 2.29. The molecule has 2 N–H and O–H groups in total. The summed E-state index contributed by atoms with van der Waals surface area (Å²) >= 11 is 0. The molecule has 2 rings (SSSR count). The number of aliphatic hydroxyl groups excluding tert-OH is 1. The van der Waals surface area contributed by atoms with Crippen LogP contribution in [0.5, 0.6) is 0 Å². The molecule has 0 aromatic rings. The Labute approximate surface area is 87.1 Å². The second-order valence-electron chi connectivity index (χ2n) is 5.43. The summed E-state index contributed by atoms with van der Waals surface area (Å²) in [5, 5.41) is 13.0. The molecule has 2 nitrogen and oxygen atoms in total. The SMILES string of the molecule is CC(O)CC(C)NC1CC2CCC1C2. The van der Waals surface area contributed by atoms with Gasteiger partial charge < -0.3 is 10.4 Å². The Morgan fingerprint density at radius 3 is 2.57 bits per heavy atom. The number of aliphatic hydroxyl groups is 1. The first-order chi connectivity index (χ1) is 6.65. The van der Waals surface area contributed by atoms with Gasteiger partial charge in [0, 0.05) is 12.1 Å². The lowest BCUT2D eigenvalue weighted by Gasteiger charge is -2.27. The predicted molar refractivity (Wildman–Crippen MR) is 58.1 cm³/mol. The first-order valence-corrected chi connectivity index (χ1v) is 6.09. The van der Waals surface area contributed by atoms with E-state index in [0.29, 0.717) is 6.04 Å². The monoisotopic (exact) mass is 197 g/mol. The van der Waals surface area contributed by atoms with E-state index in [1.54, 1.807) is 0 Å². The number of nitrogens with one attached hydrogen (secondary N) is 1. The zero-order valence-corrected chi connectivity index (χ0v) is 9.37. The maximum absolute atomic E-state index is 9.29. The van der Waals surface area contributed by atoms with Crippen molar-refractivity contribution in [2.24, 2.45) is 11.8 Å². The van der Waals surface area contributed by atoms with Gasteiger partial charge in [0.05, 0.1) is 6.10 Å². The second kappa shape index (κ2) is 4.19. The third-order valence-electron chi connectivity index (χ3n) is 3.93. The molecule has 0 saturated heterocycles. The van der Waals surface area contributed by atoms with Crippen LogP contribution >= 0.6 is 0 Å². The van der Waals surface area contributed by atoms with E-state index in [2.05, 4.69) is 12.2 Å². The molecular weight excluding hydrogens is 174 g/mol. The van der Waals surface area contributed by atoms with E-state index in [1.165, 1.54) is 25.7 Å². The van der Waals surface area contributed by atoms with Gasteiger partial charge in [0.2, 0.25) is 0 Å². The van der Waals surface area contributed by atoms with Crippen molar-refractivity contribution in [2.45, 2.75) is 64.1 Å². The fourth-order valence-corrected chi connectivity index (χ4v) is 3.39. The Bertz CT molecular complexity index is 193. The number of rotatable bonds is 4. The first-order valence-electron chi connectivity index (χ1n) is 6.09. The van der Waals surface area contributed by atoms with E-state index in [0.717, 1.165) is 24.3 Å². The van der Waals surface area contributed by atoms with Crippen LogP contribution < -0.4 is 5.32 Å². The highest BCUT2D eigenvalue weighted by atomic mass is 16.3. The molecule has 0 heterocycles. The molecule has 14 heavy (non-hydrogen) atoms. The Balaban J connectivity index is 1.75. The van der Waals surface area contributed by atoms with Crippen molar-refractivity contribution in [1.82, 2.24) is 5.32 Å². The van der Waals surface area contributed by atoms with E-state index >= 15 is 0 Å². The summed E-state index contributed by atoms with van der Waals surface area (Å²) in [5.74, 6) is 1.95. The third-order valence-corrected chi connectivity index (χ3v) is 3.93. The summed E-state index contributed by atoms with van der Waals surface area (Å²) < 4.78 is 0.